The summed E-state index contributed by atoms with van der Waals surface area (Å²) >= 11 is 0. The third kappa shape index (κ3) is 1.86. The molecule has 2 heteroatoms. The second kappa shape index (κ2) is 4.04. The molecule has 0 aromatic carbocycles. The van der Waals surface area contributed by atoms with E-state index < -0.39 is 0 Å². The molecule has 0 amide bonds. The summed E-state index contributed by atoms with van der Waals surface area (Å²) in [5.74, 6) is 0. The molecule has 1 saturated heterocycles. The van der Waals surface area contributed by atoms with E-state index in [1.165, 1.54) is 19.3 Å². The predicted molar refractivity (Wildman–Crippen MR) is 50.1 cm³/mol. The summed E-state index contributed by atoms with van der Waals surface area (Å²) in [7, 11) is 0. The van der Waals surface area contributed by atoms with Crippen molar-refractivity contribution in [2.75, 3.05) is 19.6 Å². The van der Waals surface area contributed by atoms with Gasteiger partial charge >= 0.3 is 0 Å². The van der Waals surface area contributed by atoms with Crippen molar-refractivity contribution in [3.63, 3.8) is 0 Å². The average molecular weight is 169 g/mol. The van der Waals surface area contributed by atoms with E-state index in [4.69, 9.17) is 0 Å². The molecule has 12 heavy (non-hydrogen) atoms. The van der Waals surface area contributed by atoms with Crippen molar-refractivity contribution >= 4 is 6.29 Å². The van der Waals surface area contributed by atoms with Crippen LogP contribution in [0.1, 0.15) is 33.1 Å². The van der Waals surface area contributed by atoms with Crippen LogP contribution in [0.2, 0.25) is 0 Å². The van der Waals surface area contributed by atoms with E-state index in [-0.39, 0.29) is 0 Å². The second-order valence-electron chi connectivity index (χ2n) is 3.86. The first-order chi connectivity index (χ1) is 5.76. The average Bonchev–Trinajstić information content (AvgIpc) is 2.50. The van der Waals surface area contributed by atoms with E-state index >= 15 is 0 Å². The van der Waals surface area contributed by atoms with E-state index in [1.807, 2.05) is 0 Å². The summed E-state index contributed by atoms with van der Waals surface area (Å²) in [6.07, 6.45) is 4.78. The van der Waals surface area contributed by atoms with Gasteiger partial charge in [-0.25, -0.2) is 0 Å². The highest BCUT2D eigenvalue weighted by atomic mass is 16.1. The van der Waals surface area contributed by atoms with Gasteiger partial charge in [0.1, 0.15) is 6.29 Å². The molecule has 0 bridgehead atoms. The standard InChI is InChI=1S/C10H19NO/c1-3-10(4-2)5-6-11(9-10)7-8-12/h8H,3-7,9H2,1-2H3. The first-order valence-corrected chi connectivity index (χ1v) is 4.92. The maximum atomic E-state index is 10.3. The summed E-state index contributed by atoms with van der Waals surface area (Å²) < 4.78 is 0. The zero-order valence-corrected chi connectivity index (χ0v) is 8.18. The van der Waals surface area contributed by atoms with Gasteiger partial charge < -0.3 is 4.79 Å². The van der Waals surface area contributed by atoms with Crippen molar-refractivity contribution in [1.29, 1.82) is 0 Å². The quantitative estimate of drug-likeness (QED) is 0.597. The molecular weight excluding hydrogens is 150 g/mol. The molecule has 70 valence electrons. The van der Waals surface area contributed by atoms with Crippen LogP contribution in [0.15, 0.2) is 0 Å². The number of rotatable bonds is 4. The van der Waals surface area contributed by atoms with E-state index in [1.54, 1.807) is 0 Å². The van der Waals surface area contributed by atoms with Crippen molar-refractivity contribution in [2.45, 2.75) is 33.1 Å². The zero-order valence-electron chi connectivity index (χ0n) is 8.18. The lowest BCUT2D eigenvalue weighted by atomic mass is 9.82. The van der Waals surface area contributed by atoms with Gasteiger partial charge in [-0.15, -0.1) is 0 Å². The van der Waals surface area contributed by atoms with Gasteiger partial charge in [0, 0.05) is 6.54 Å². The minimum atomic E-state index is 0.517. The molecule has 0 N–H and O–H groups in total. The van der Waals surface area contributed by atoms with Gasteiger partial charge in [0.2, 0.25) is 0 Å². The zero-order chi connectivity index (χ0) is 9.03. The van der Waals surface area contributed by atoms with Crippen molar-refractivity contribution in [3.8, 4) is 0 Å². The normalized spacial score (nSPS) is 22.8. The monoisotopic (exact) mass is 169 g/mol. The van der Waals surface area contributed by atoms with Crippen LogP contribution in [0.4, 0.5) is 0 Å². The largest absolute Gasteiger partial charge is 0.302 e. The first-order valence-electron chi connectivity index (χ1n) is 4.92. The first kappa shape index (κ1) is 9.72. The van der Waals surface area contributed by atoms with E-state index in [2.05, 4.69) is 18.7 Å². The Labute approximate surface area is 74.9 Å². The molecule has 1 rings (SSSR count). The predicted octanol–water partition coefficient (Wildman–Crippen LogP) is 1.70. The molecule has 0 aromatic heterocycles. The summed E-state index contributed by atoms with van der Waals surface area (Å²) in [5, 5.41) is 0. The highest BCUT2D eigenvalue weighted by molar-refractivity contribution is 5.52. The topological polar surface area (TPSA) is 20.3 Å². The Morgan fingerprint density at radius 2 is 2.08 bits per heavy atom. The molecule has 1 aliphatic rings. The number of likely N-dealkylation sites (tertiary alicyclic amines) is 1. The molecule has 0 saturated carbocycles. The molecule has 0 aliphatic carbocycles. The fourth-order valence-electron chi connectivity index (χ4n) is 2.12. The van der Waals surface area contributed by atoms with Crippen molar-refractivity contribution < 1.29 is 4.79 Å². The van der Waals surface area contributed by atoms with Gasteiger partial charge in [0.05, 0.1) is 6.54 Å². The van der Waals surface area contributed by atoms with Crippen molar-refractivity contribution in [1.82, 2.24) is 4.90 Å². The van der Waals surface area contributed by atoms with Gasteiger partial charge in [-0.2, -0.15) is 0 Å². The Morgan fingerprint density at radius 1 is 1.42 bits per heavy atom. The van der Waals surface area contributed by atoms with Gasteiger partial charge in [-0.1, -0.05) is 13.8 Å². The van der Waals surface area contributed by atoms with Crippen molar-refractivity contribution in [2.24, 2.45) is 5.41 Å². The van der Waals surface area contributed by atoms with E-state index in [0.717, 1.165) is 19.4 Å². The van der Waals surface area contributed by atoms with Gasteiger partial charge in [-0.3, -0.25) is 4.90 Å². The van der Waals surface area contributed by atoms with Gasteiger partial charge in [-0.05, 0) is 31.2 Å². The minimum Gasteiger partial charge on any atom is -0.302 e. The fourth-order valence-corrected chi connectivity index (χ4v) is 2.12. The Morgan fingerprint density at radius 3 is 2.50 bits per heavy atom. The number of carbonyl (C=O) groups is 1. The molecule has 1 heterocycles. The Bertz CT molecular complexity index is 152. The van der Waals surface area contributed by atoms with Crippen LogP contribution in [-0.2, 0) is 4.79 Å². The van der Waals surface area contributed by atoms with Crippen molar-refractivity contribution in [3.05, 3.63) is 0 Å². The lowest BCUT2D eigenvalue weighted by molar-refractivity contribution is -0.108. The molecule has 0 aromatic rings. The number of aldehydes is 1. The molecule has 0 atom stereocenters. The highest BCUT2D eigenvalue weighted by Crippen LogP contribution is 2.36. The lowest BCUT2D eigenvalue weighted by Crippen LogP contribution is -2.27. The Balaban J connectivity index is 2.46. The van der Waals surface area contributed by atoms with Crippen LogP contribution >= 0.6 is 0 Å². The molecule has 1 aliphatic heterocycles. The number of hydrogen-bond acceptors (Lipinski definition) is 2. The molecule has 0 spiro atoms. The lowest BCUT2D eigenvalue weighted by Gasteiger charge is -2.25. The third-order valence-corrected chi connectivity index (χ3v) is 3.35. The second-order valence-corrected chi connectivity index (χ2v) is 3.86. The smallest absolute Gasteiger partial charge is 0.133 e. The molecular formula is C10H19NO. The Kier molecular flexibility index (Phi) is 3.27. The molecule has 1 fully saturated rings. The summed E-state index contributed by atoms with van der Waals surface area (Å²) in [6, 6.07) is 0. The molecule has 0 radical (unpaired) electrons. The maximum absolute atomic E-state index is 10.3. The van der Waals surface area contributed by atoms with Gasteiger partial charge in [0.15, 0.2) is 0 Å². The third-order valence-electron chi connectivity index (χ3n) is 3.35. The summed E-state index contributed by atoms with van der Waals surface area (Å²) in [6.45, 7) is 7.38. The van der Waals surface area contributed by atoms with Crippen LogP contribution in [0.3, 0.4) is 0 Å². The number of nitrogens with zero attached hydrogens (tertiary/aromatic N) is 1. The van der Waals surface area contributed by atoms with Crippen LogP contribution in [0, 0.1) is 5.41 Å². The molecule has 0 unspecified atom stereocenters. The number of hydrogen-bond donors (Lipinski definition) is 0. The van der Waals surface area contributed by atoms with Gasteiger partial charge in [0.25, 0.3) is 0 Å². The van der Waals surface area contributed by atoms with E-state index in [9.17, 15) is 4.79 Å². The van der Waals surface area contributed by atoms with Crippen LogP contribution < -0.4 is 0 Å². The Hall–Kier alpha value is -0.370. The maximum Gasteiger partial charge on any atom is 0.133 e. The molecule has 2 nitrogen and oxygen atoms in total. The SMILES string of the molecule is CCC1(CC)CCN(CC=O)C1. The summed E-state index contributed by atoms with van der Waals surface area (Å²) in [4.78, 5) is 12.6. The minimum absolute atomic E-state index is 0.517. The highest BCUT2D eigenvalue weighted by Gasteiger charge is 2.34. The fraction of sp³-hybridized carbons (Fsp3) is 0.900. The summed E-state index contributed by atoms with van der Waals surface area (Å²) in [5.41, 5.74) is 0.517. The van der Waals surface area contributed by atoms with Crippen LogP contribution in [0.5, 0.6) is 0 Å². The van der Waals surface area contributed by atoms with E-state index in [0.29, 0.717) is 12.0 Å². The van der Waals surface area contributed by atoms with Crippen LogP contribution in [-0.4, -0.2) is 30.8 Å². The van der Waals surface area contributed by atoms with Crippen LogP contribution in [0.25, 0.3) is 0 Å². The number of carbonyl (C=O) groups excluding carboxylic acids is 1.